The molecule has 0 atom stereocenters. The van der Waals surface area contributed by atoms with E-state index in [9.17, 15) is 4.79 Å². The van der Waals surface area contributed by atoms with Crippen LogP contribution in [0.15, 0.2) is 36.9 Å². The molecule has 2 saturated heterocycles. The average Bonchev–Trinajstić information content (AvgIpc) is 3.26. The summed E-state index contributed by atoms with van der Waals surface area (Å²) in [6.07, 6.45) is 5.08. The van der Waals surface area contributed by atoms with Gasteiger partial charge in [0.15, 0.2) is 17.3 Å². The van der Waals surface area contributed by atoms with Crippen molar-refractivity contribution >= 4 is 45.9 Å². The molecule has 11 nitrogen and oxygen atoms in total. The molecule has 0 radical (unpaired) electrons. The van der Waals surface area contributed by atoms with Crippen molar-refractivity contribution in [1.82, 2.24) is 29.4 Å². The highest BCUT2D eigenvalue weighted by molar-refractivity contribution is 6.33. The Balaban J connectivity index is 1.31. The predicted molar refractivity (Wildman–Crippen MR) is 144 cm³/mol. The number of nitrogens with one attached hydrogen (secondary N) is 2. The number of carbonyl (C=O) groups is 1. The number of halogens is 1. The van der Waals surface area contributed by atoms with Gasteiger partial charge in [-0.25, -0.2) is 19.7 Å². The second kappa shape index (κ2) is 9.50. The fraction of sp³-hybridized carbons (Fsp3) is 0.346. The van der Waals surface area contributed by atoms with Crippen LogP contribution in [0.4, 0.5) is 17.3 Å². The minimum atomic E-state index is -0.635. The number of esters is 1. The van der Waals surface area contributed by atoms with Crippen LogP contribution in [0.25, 0.3) is 22.3 Å². The molecule has 12 heteroatoms. The predicted octanol–water partition coefficient (Wildman–Crippen LogP) is 3.48. The van der Waals surface area contributed by atoms with Gasteiger partial charge in [-0.3, -0.25) is 9.88 Å². The first-order chi connectivity index (χ1) is 18.4. The molecule has 0 saturated carbocycles. The van der Waals surface area contributed by atoms with E-state index in [0.717, 1.165) is 43.9 Å². The molecule has 5 heterocycles. The number of pyridine rings is 1. The number of likely N-dealkylation sites (tertiary alicyclic amines) is 1. The third kappa shape index (κ3) is 4.22. The van der Waals surface area contributed by atoms with Crippen molar-refractivity contribution < 1.29 is 14.3 Å². The number of aromatic nitrogens is 5. The smallest absolute Gasteiger partial charge is 0.360 e. The third-order valence-corrected chi connectivity index (χ3v) is 7.34. The lowest BCUT2D eigenvalue weighted by Crippen LogP contribution is -2.65. The van der Waals surface area contributed by atoms with Crippen molar-refractivity contribution in [2.75, 3.05) is 51.1 Å². The van der Waals surface area contributed by atoms with Gasteiger partial charge in [-0.15, -0.1) is 0 Å². The zero-order valence-electron chi connectivity index (χ0n) is 21.3. The molecule has 2 N–H and O–H groups in total. The second-order valence-electron chi connectivity index (χ2n) is 9.85. The van der Waals surface area contributed by atoms with E-state index in [-0.39, 0.29) is 11.5 Å². The van der Waals surface area contributed by atoms with Crippen molar-refractivity contribution in [3.8, 4) is 11.3 Å². The monoisotopic (exact) mass is 534 g/mol. The minimum Gasteiger partial charge on any atom is -0.464 e. The van der Waals surface area contributed by atoms with Crippen molar-refractivity contribution in [1.29, 1.82) is 0 Å². The highest BCUT2D eigenvalue weighted by Crippen LogP contribution is 2.39. The summed E-state index contributed by atoms with van der Waals surface area (Å²) in [4.78, 5) is 33.3. The molecule has 4 aromatic rings. The Kier molecular flexibility index (Phi) is 6.13. The topological polar surface area (TPSA) is 119 Å². The van der Waals surface area contributed by atoms with Crippen LogP contribution in [0, 0.1) is 5.41 Å². The molecule has 0 amide bonds. The van der Waals surface area contributed by atoms with Crippen LogP contribution in [-0.2, 0) is 23.1 Å². The zero-order chi connectivity index (χ0) is 26.4. The number of carbonyl (C=O) groups excluding carboxylic acids is 1. The summed E-state index contributed by atoms with van der Waals surface area (Å²) in [7, 11) is 4.92. The number of ether oxygens (including phenoxy) is 2. The fourth-order valence-electron chi connectivity index (χ4n) is 5.07. The molecule has 3 aromatic heterocycles. The van der Waals surface area contributed by atoms with Crippen LogP contribution in [0.3, 0.4) is 0 Å². The number of anilines is 3. The normalized spacial score (nSPS) is 16.2. The van der Waals surface area contributed by atoms with Crippen LogP contribution in [0.1, 0.15) is 16.1 Å². The molecule has 2 aliphatic rings. The first-order valence-corrected chi connectivity index (χ1v) is 12.6. The van der Waals surface area contributed by atoms with Gasteiger partial charge in [0.2, 0.25) is 0 Å². The molecule has 1 spiro atoms. The Morgan fingerprint density at radius 2 is 2.03 bits per heavy atom. The van der Waals surface area contributed by atoms with Crippen LogP contribution in [0.2, 0.25) is 5.02 Å². The Morgan fingerprint density at radius 3 is 2.71 bits per heavy atom. The Bertz CT molecular complexity index is 1540. The van der Waals surface area contributed by atoms with Gasteiger partial charge in [0, 0.05) is 45.3 Å². The molecule has 1 aromatic carbocycles. The summed E-state index contributed by atoms with van der Waals surface area (Å²) in [5.74, 6) is 0.0273. The number of nitrogens with zero attached hydrogens (tertiary/aromatic N) is 6. The lowest BCUT2D eigenvalue weighted by Gasteiger charge is -2.55. The van der Waals surface area contributed by atoms with Gasteiger partial charge in [0.05, 0.1) is 54.6 Å². The van der Waals surface area contributed by atoms with Gasteiger partial charge in [-0.05, 0) is 17.7 Å². The van der Waals surface area contributed by atoms with E-state index >= 15 is 0 Å². The lowest BCUT2D eigenvalue weighted by molar-refractivity contribution is -0.191. The molecule has 6 rings (SSSR count). The van der Waals surface area contributed by atoms with Crippen molar-refractivity contribution in [3.05, 3.63) is 53.2 Å². The van der Waals surface area contributed by atoms with E-state index in [4.69, 9.17) is 21.1 Å². The van der Waals surface area contributed by atoms with Gasteiger partial charge in [-0.1, -0.05) is 17.7 Å². The maximum Gasteiger partial charge on any atom is 0.360 e. The number of hydrogen-bond acceptors (Lipinski definition) is 10. The van der Waals surface area contributed by atoms with Gasteiger partial charge < -0.3 is 24.7 Å². The maximum atomic E-state index is 12.8. The van der Waals surface area contributed by atoms with Crippen molar-refractivity contribution in [3.63, 3.8) is 0 Å². The second-order valence-corrected chi connectivity index (χ2v) is 10.3. The van der Waals surface area contributed by atoms with Gasteiger partial charge >= 0.3 is 5.97 Å². The minimum absolute atomic E-state index is 0.0168. The average molecular weight is 535 g/mol. The zero-order valence-corrected chi connectivity index (χ0v) is 22.0. The highest BCUT2D eigenvalue weighted by atomic mass is 35.5. The number of imidazole rings is 1. The van der Waals surface area contributed by atoms with E-state index in [1.165, 1.54) is 7.11 Å². The van der Waals surface area contributed by atoms with Gasteiger partial charge in [0.25, 0.3) is 0 Å². The molecule has 196 valence electrons. The molecular weight excluding hydrogens is 508 g/mol. The molecule has 2 fully saturated rings. The maximum absolute atomic E-state index is 12.8. The number of aryl methyl sites for hydroxylation is 1. The Morgan fingerprint density at radius 1 is 1.21 bits per heavy atom. The first-order valence-electron chi connectivity index (χ1n) is 12.2. The summed E-state index contributed by atoms with van der Waals surface area (Å²) >= 11 is 6.65. The first kappa shape index (κ1) is 24.5. The number of rotatable bonds is 7. The third-order valence-electron chi connectivity index (χ3n) is 7.03. The SMILES string of the molecule is CNc1nc(Nc2ccc(CN3CC4(COC4)C3)cc2Cl)c(C(=O)OC)nc1-c1cncc2c1ncn2C. The molecule has 38 heavy (non-hydrogen) atoms. The Labute approximate surface area is 224 Å². The van der Waals surface area contributed by atoms with E-state index in [0.29, 0.717) is 38.7 Å². The summed E-state index contributed by atoms with van der Waals surface area (Å²) in [6.45, 7) is 4.63. The van der Waals surface area contributed by atoms with Crippen LogP contribution in [-0.4, -0.2) is 75.8 Å². The molecule has 0 aliphatic carbocycles. The van der Waals surface area contributed by atoms with E-state index in [1.54, 1.807) is 25.8 Å². The summed E-state index contributed by atoms with van der Waals surface area (Å²) in [6, 6.07) is 5.83. The molecule has 0 bridgehead atoms. The van der Waals surface area contributed by atoms with Crippen LogP contribution in [0.5, 0.6) is 0 Å². The summed E-state index contributed by atoms with van der Waals surface area (Å²) in [5, 5.41) is 6.77. The largest absolute Gasteiger partial charge is 0.464 e. The highest BCUT2D eigenvalue weighted by Gasteiger charge is 2.48. The quantitative estimate of drug-likeness (QED) is 0.341. The number of methoxy groups -OCH3 is 1. The van der Waals surface area contributed by atoms with Gasteiger partial charge in [0.1, 0.15) is 11.2 Å². The Hall–Kier alpha value is -3.80. The number of hydrogen-bond donors (Lipinski definition) is 2. The fourth-order valence-corrected chi connectivity index (χ4v) is 5.32. The molecular formula is C26H27ClN8O3. The van der Waals surface area contributed by atoms with Crippen LogP contribution < -0.4 is 10.6 Å². The van der Waals surface area contributed by atoms with E-state index in [1.807, 2.05) is 29.8 Å². The lowest BCUT2D eigenvalue weighted by atomic mass is 9.78. The van der Waals surface area contributed by atoms with Crippen LogP contribution >= 0.6 is 11.6 Å². The van der Waals surface area contributed by atoms with E-state index in [2.05, 4.69) is 35.5 Å². The summed E-state index contributed by atoms with van der Waals surface area (Å²) in [5.41, 5.74) is 4.69. The molecule has 0 unspecified atom stereocenters. The van der Waals surface area contributed by atoms with Gasteiger partial charge in [-0.2, -0.15) is 0 Å². The number of fused-ring (bicyclic) bond motifs is 1. The van der Waals surface area contributed by atoms with E-state index < -0.39 is 5.97 Å². The summed E-state index contributed by atoms with van der Waals surface area (Å²) < 4.78 is 12.3. The van der Waals surface area contributed by atoms with Crippen molar-refractivity contribution in [2.45, 2.75) is 6.54 Å². The number of benzene rings is 1. The molecule has 2 aliphatic heterocycles. The van der Waals surface area contributed by atoms with Crippen molar-refractivity contribution in [2.24, 2.45) is 12.5 Å². The standard InChI is InChI=1S/C26H27ClN8O3/c1-28-23-21(16-7-29-8-19-20(16)30-14-34(19)2)32-22(25(36)37-3)24(33-23)31-18-5-4-15(6-17(18)27)9-35-10-26(11-35)12-38-13-26/h4-8,14H,9-13H2,1-3H3,(H2,28,31,33).